The third kappa shape index (κ3) is 9.68. The van der Waals surface area contributed by atoms with Crippen molar-refractivity contribution in [2.75, 3.05) is 26.7 Å². The van der Waals surface area contributed by atoms with Crippen molar-refractivity contribution in [2.45, 2.75) is 96.2 Å². The third-order valence-corrected chi connectivity index (χ3v) is 9.29. The van der Waals surface area contributed by atoms with Crippen molar-refractivity contribution >= 4 is 35.8 Å². The van der Waals surface area contributed by atoms with Crippen LogP contribution in [0.1, 0.15) is 88.1 Å². The lowest BCUT2D eigenvalue weighted by Crippen LogP contribution is -2.67. The molecule has 0 spiro atoms. The van der Waals surface area contributed by atoms with Crippen molar-refractivity contribution in [3.8, 4) is 0 Å². The first-order chi connectivity index (χ1) is 22.4. The Kier molecular flexibility index (Phi) is 12.2. The van der Waals surface area contributed by atoms with Gasteiger partial charge in [-0.1, -0.05) is 12.1 Å². The number of aliphatic imine (C=N–C) groups is 1. The van der Waals surface area contributed by atoms with Crippen LogP contribution in [0.2, 0.25) is 0 Å². The number of aryl methyl sites for hydroxylation is 1. The first-order valence-corrected chi connectivity index (χ1v) is 16.6. The van der Waals surface area contributed by atoms with Crippen LogP contribution < -0.4 is 16.0 Å². The number of nitrogens with zero attached hydrogens (tertiary/aromatic N) is 2. The highest BCUT2D eigenvalue weighted by Gasteiger charge is 2.57. The Bertz CT molecular complexity index is 1290. The predicted octanol–water partition coefficient (Wildman–Crippen LogP) is 3.26. The van der Waals surface area contributed by atoms with E-state index in [1.807, 2.05) is 12.1 Å². The summed E-state index contributed by atoms with van der Waals surface area (Å²) >= 11 is 0. The topological polar surface area (TPSA) is 176 Å². The number of carbonyl (C=O) groups excluding carboxylic acids is 4. The summed E-state index contributed by atoms with van der Waals surface area (Å²) in [6.45, 7) is 6.04. The number of benzene rings is 1. The molecule has 5 aliphatic rings. The Morgan fingerprint density at radius 3 is 2.15 bits per heavy atom. The zero-order valence-electron chi connectivity index (χ0n) is 27.9. The normalized spacial score (nSPS) is 24.4. The Morgan fingerprint density at radius 1 is 1.04 bits per heavy atom. The summed E-state index contributed by atoms with van der Waals surface area (Å²) in [5.74, 6) is 0.283. The maximum Gasteiger partial charge on any atom is 0.410 e. The number of amides is 3. The highest BCUT2D eigenvalue weighted by Crippen LogP contribution is 2.58. The minimum Gasteiger partial charge on any atom is -0.481 e. The minimum absolute atomic E-state index is 0.0823. The van der Waals surface area contributed by atoms with Gasteiger partial charge in [-0.3, -0.25) is 29.6 Å². The lowest BCUT2D eigenvalue weighted by atomic mass is 9.52. The molecule has 1 atom stereocenters. The van der Waals surface area contributed by atoms with Crippen molar-refractivity contribution < 1.29 is 38.6 Å². The number of hydrogen-bond donors (Lipinski definition) is 4. The van der Waals surface area contributed by atoms with Gasteiger partial charge in [-0.05, 0) is 101 Å². The molecule has 0 unspecified atom stereocenters. The van der Waals surface area contributed by atoms with E-state index in [4.69, 9.17) is 19.4 Å². The molecule has 4 fully saturated rings. The molecule has 3 amide bonds. The average molecular weight is 656 g/mol. The van der Waals surface area contributed by atoms with Crippen LogP contribution in [0.15, 0.2) is 29.3 Å². The number of rotatable bonds is 10. The lowest BCUT2D eigenvalue weighted by Gasteiger charge is -2.60. The minimum atomic E-state index is -1.00. The molecule has 1 aliphatic heterocycles. The molecule has 13 heteroatoms. The second kappa shape index (κ2) is 16.1. The van der Waals surface area contributed by atoms with Crippen LogP contribution in [0.25, 0.3) is 0 Å². The maximum absolute atomic E-state index is 13.5. The molecule has 4 N–H and O–H groups in total. The fourth-order valence-corrected chi connectivity index (χ4v) is 7.88. The number of methoxy groups -OCH3 is 1. The summed E-state index contributed by atoms with van der Waals surface area (Å²) < 4.78 is 10.9. The second-order valence-electron chi connectivity index (χ2n) is 13.5. The fraction of sp³-hybridized carbons (Fsp3) is 0.647. The van der Waals surface area contributed by atoms with E-state index in [1.54, 1.807) is 30.9 Å². The number of esters is 1. The van der Waals surface area contributed by atoms with E-state index < -0.39 is 29.6 Å². The van der Waals surface area contributed by atoms with E-state index >= 15 is 0 Å². The van der Waals surface area contributed by atoms with Crippen LogP contribution in [0.3, 0.4) is 0 Å². The first-order valence-electron chi connectivity index (χ1n) is 16.6. The van der Waals surface area contributed by atoms with E-state index in [0.717, 1.165) is 44.7 Å². The van der Waals surface area contributed by atoms with Gasteiger partial charge in [0.1, 0.15) is 0 Å². The molecule has 1 heterocycles. The van der Waals surface area contributed by atoms with E-state index in [9.17, 15) is 19.2 Å². The molecule has 0 saturated heterocycles. The molecule has 13 nitrogen and oxygen atoms in total. The van der Waals surface area contributed by atoms with Gasteiger partial charge in [0.25, 0.3) is 11.9 Å². The van der Waals surface area contributed by atoms with Crippen LogP contribution in [-0.2, 0) is 30.3 Å². The third-order valence-electron chi connectivity index (χ3n) is 9.29. The monoisotopic (exact) mass is 655 g/mol. The highest BCUT2D eigenvalue weighted by molar-refractivity contribution is 5.97. The molecule has 1 aromatic carbocycles. The summed E-state index contributed by atoms with van der Waals surface area (Å²) in [6.07, 6.45) is 6.91. The van der Waals surface area contributed by atoms with Gasteiger partial charge in [0.15, 0.2) is 12.0 Å². The number of carboxylic acid groups (broad SMARTS) is 1. The van der Waals surface area contributed by atoms with Crippen molar-refractivity contribution in [2.24, 2.45) is 22.7 Å². The average Bonchev–Trinajstić information content (AvgIpc) is 3.01. The van der Waals surface area contributed by atoms with Crippen molar-refractivity contribution in [3.05, 3.63) is 35.4 Å². The zero-order chi connectivity index (χ0) is 34.1. The van der Waals surface area contributed by atoms with Crippen molar-refractivity contribution in [1.29, 1.82) is 0 Å². The van der Waals surface area contributed by atoms with Crippen LogP contribution in [0, 0.1) is 17.8 Å². The van der Waals surface area contributed by atoms with Gasteiger partial charge in [-0.25, -0.2) is 9.59 Å². The Labute approximate surface area is 276 Å². The number of nitrogens with one attached hydrogen (secondary N) is 3. The molecule has 1 aromatic rings. The first kappa shape index (κ1) is 35.7. The summed E-state index contributed by atoms with van der Waals surface area (Å²) in [4.78, 5) is 67.2. The number of guanidine groups is 1. The number of aliphatic carboxylic acids is 1. The van der Waals surface area contributed by atoms with Crippen LogP contribution in [0.4, 0.5) is 4.79 Å². The number of ether oxygens (including phenoxy) is 2. The summed E-state index contributed by atoms with van der Waals surface area (Å²) in [5.41, 5.74) is 0.868. The molecule has 4 saturated carbocycles. The zero-order valence-corrected chi connectivity index (χ0v) is 27.9. The molecule has 4 aliphatic carbocycles. The molecule has 0 radical (unpaired) electrons. The van der Waals surface area contributed by atoms with E-state index in [0.29, 0.717) is 48.7 Å². The van der Waals surface area contributed by atoms with E-state index in [1.165, 1.54) is 26.4 Å². The standard InChI is InChI=1S/C32H45N5O6.C2H4O2/c1-20(2)43-29(40)26(37(31(41)42-3)32-16-22-13-23(17-32)15-24(14-22)18-32)19-35-28(39)25-8-5-21(6-9-25)7-10-27(38)36-30-33-11-4-12-34-30;1-2(3)4/h5-6,8-9,20,22-24,26H,4,7,10-19H2,1-3H3,(H,35,39)(H2,33,34,36,38);1H3,(H,3,4)/t22?,23?,24?,26-,32?;/m0./s1. The molecule has 258 valence electrons. The maximum atomic E-state index is 13.5. The molecule has 47 heavy (non-hydrogen) atoms. The summed E-state index contributed by atoms with van der Waals surface area (Å²) in [6, 6.07) is 6.04. The Balaban J connectivity index is 0.00000118. The number of carbonyl (C=O) groups is 5. The molecule has 4 bridgehead atoms. The second-order valence-corrected chi connectivity index (χ2v) is 13.5. The molecular weight excluding hydrogens is 606 g/mol. The lowest BCUT2D eigenvalue weighted by molar-refractivity contribution is -0.161. The number of hydrogen-bond acceptors (Lipinski definition) is 9. The van der Waals surface area contributed by atoms with Gasteiger partial charge in [0.2, 0.25) is 5.91 Å². The SMILES string of the molecule is CC(=O)O.COC(=O)N([C@@H](CNC(=O)c1ccc(CCC(=O)NC2=NCCCN2)cc1)C(=O)OC(C)C)C12CC3CC(CC(C3)C1)C2. The van der Waals surface area contributed by atoms with Gasteiger partial charge >= 0.3 is 12.1 Å². The van der Waals surface area contributed by atoms with Gasteiger partial charge in [-0.15, -0.1) is 0 Å². The molecule has 6 rings (SSSR count). The van der Waals surface area contributed by atoms with E-state index in [2.05, 4.69) is 20.9 Å². The summed E-state index contributed by atoms with van der Waals surface area (Å²) in [7, 11) is 1.34. The van der Waals surface area contributed by atoms with Crippen molar-refractivity contribution in [1.82, 2.24) is 20.9 Å². The van der Waals surface area contributed by atoms with E-state index in [-0.39, 0.29) is 24.5 Å². The van der Waals surface area contributed by atoms with Crippen LogP contribution >= 0.6 is 0 Å². The predicted molar refractivity (Wildman–Crippen MR) is 174 cm³/mol. The molecular formula is C34H49N5O8. The summed E-state index contributed by atoms with van der Waals surface area (Å²) in [5, 5.41) is 16.2. The van der Waals surface area contributed by atoms with Gasteiger partial charge in [0, 0.05) is 44.1 Å². The smallest absolute Gasteiger partial charge is 0.410 e. The van der Waals surface area contributed by atoms with Gasteiger partial charge in [-0.2, -0.15) is 0 Å². The molecule has 0 aromatic heterocycles. The highest BCUT2D eigenvalue weighted by atomic mass is 16.6. The Hall–Kier alpha value is -4.16. The number of carboxylic acids is 1. The van der Waals surface area contributed by atoms with Crippen molar-refractivity contribution in [3.63, 3.8) is 0 Å². The van der Waals surface area contributed by atoms with Gasteiger partial charge in [0.05, 0.1) is 13.2 Å². The van der Waals surface area contributed by atoms with Crippen LogP contribution in [0.5, 0.6) is 0 Å². The Morgan fingerprint density at radius 2 is 1.64 bits per heavy atom. The van der Waals surface area contributed by atoms with Crippen LogP contribution in [-0.4, -0.2) is 90.2 Å². The largest absolute Gasteiger partial charge is 0.481 e. The quantitative estimate of drug-likeness (QED) is 0.276. The fourth-order valence-electron chi connectivity index (χ4n) is 7.88. The van der Waals surface area contributed by atoms with Gasteiger partial charge < -0.3 is 25.2 Å².